The molecule has 0 fully saturated rings. The van der Waals surface area contributed by atoms with Crippen LogP contribution in [0.15, 0.2) is 12.1 Å². The van der Waals surface area contributed by atoms with Gasteiger partial charge < -0.3 is 14.6 Å². The van der Waals surface area contributed by atoms with Crippen LogP contribution in [-0.4, -0.2) is 29.9 Å². The zero-order valence-corrected chi connectivity index (χ0v) is 9.73. The second-order valence-electron chi connectivity index (χ2n) is 3.45. The van der Waals surface area contributed by atoms with E-state index in [9.17, 15) is 23.3 Å². The standard InChI is InChI=1S/C10H10F3NO5/c1-18-8-2-6(4-15)7(14(16)17)3-9(8)19-5-10(11,12)13/h2-3,15H,4-5H2,1H3. The van der Waals surface area contributed by atoms with Crippen LogP contribution in [-0.2, 0) is 6.61 Å². The van der Waals surface area contributed by atoms with Crippen LogP contribution in [0.2, 0.25) is 0 Å². The van der Waals surface area contributed by atoms with E-state index in [2.05, 4.69) is 4.74 Å². The van der Waals surface area contributed by atoms with Crippen molar-refractivity contribution in [1.29, 1.82) is 0 Å². The molecule has 0 radical (unpaired) electrons. The molecular weight excluding hydrogens is 271 g/mol. The Hall–Kier alpha value is -2.03. The first-order valence-electron chi connectivity index (χ1n) is 4.94. The summed E-state index contributed by atoms with van der Waals surface area (Å²) < 4.78 is 45.3. The Bertz CT molecular complexity index is 475. The van der Waals surface area contributed by atoms with Crippen LogP contribution in [0.4, 0.5) is 18.9 Å². The lowest BCUT2D eigenvalue weighted by molar-refractivity contribution is -0.386. The molecule has 9 heteroatoms. The van der Waals surface area contributed by atoms with Crippen molar-refractivity contribution in [3.63, 3.8) is 0 Å². The van der Waals surface area contributed by atoms with Gasteiger partial charge in [0.1, 0.15) is 0 Å². The first kappa shape index (κ1) is 15.0. The van der Waals surface area contributed by atoms with E-state index in [-0.39, 0.29) is 11.3 Å². The van der Waals surface area contributed by atoms with Gasteiger partial charge in [0.05, 0.1) is 30.3 Å². The van der Waals surface area contributed by atoms with Gasteiger partial charge >= 0.3 is 6.18 Å². The Labute approximate surface area is 105 Å². The second kappa shape index (κ2) is 5.74. The quantitative estimate of drug-likeness (QED) is 0.659. The molecule has 1 rings (SSSR count). The molecule has 0 aliphatic rings. The Kier molecular flexibility index (Phi) is 4.54. The maximum atomic E-state index is 12.0. The third-order valence-corrected chi connectivity index (χ3v) is 2.12. The zero-order valence-electron chi connectivity index (χ0n) is 9.73. The predicted octanol–water partition coefficient (Wildman–Crippen LogP) is 2.04. The number of methoxy groups -OCH3 is 1. The molecular formula is C10H10F3NO5. The van der Waals surface area contributed by atoms with Crippen molar-refractivity contribution in [1.82, 2.24) is 0 Å². The molecule has 106 valence electrons. The van der Waals surface area contributed by atoms with Gasteiger partial charge in [0.2, 0.25) is 0 Å². The van der Waals surface area contributed by atoms with Crippen molar-refractivity contribution >= 4 is 5.69 Å². The lowest BCUT2D eigenvalue weighted by Gasteiger charge is -2.13. The summed E-state index contributed by atoms with van der Waals surface area (Å²) in [5.41, 5.74) is -0.623. The van der Waals surface area contributed by atoms with Crippen molar-refractivity contribution in [2.75, 3.05) is 13.7 Å². The monoisotopic (exact) mass is 281 g/mol. The van der Waals surface area contributed by atoms with Gasteiger partial charge in [-0.05, 0) is 6.07 Å². The summed E-state index contributed by atoms with van der Waals surface area (Å²) in [5, 5.41) is 19.7. The first-order valence-corrected chi connectivity index (χ1v) is 4.94. The van der Waals surface area contributed by atoms with Crippen molar-refractivity contribution in [3.8, 4) is 11.5 Å². The molecule has 1 N–H and O–H groups in total. The number of rotatable bonds is 5. The van der Waals surface area contributed by atoms with Gasteiger partial charge in [0, 0.05) is 0 Å². The minimum absolute atomic E-state index is 0.0822. The number of halogens is 3. The molecule has 0 amide bonds. The number of nitro groups is 1. The maximum absolute atomic E-state index is 12.0. The van der Waals surface area contributed by atoms with E-state index in [1.807, 2.05) is 0 Å². The summed E-state index contributed by atoms with van der Waals surface area (Å²) in [6, 6.07) is 1.85. The van der Waals surface area contributed by atoms with Crippen LogP contribution < -0.4 is 9.47 Å². The van der Waals surface area contributed by atoms with E-state index in [0.29, 0.717) is 0 Å². The molecule has 0 aliphatic heterocycles. The number of benzene rings is 1. The van der Waals surface area contributed by atoms with E-state index in [0.717, 1.165) is 12.1 Å². The average molecular weight is 281 g/mol. The molecule has 0 saturated heterocycles. The van der Waals surface area contributed by atoms with Crippen LogP contribution in [0.3, 0.4) is 0 Å². The SMILES string of the molecule is COc1cc(CO)c([N+](=O)[O-])cc1OCC(F)(F)F. The number of nitro benzene ring substituents is 1. The van der Waals surface area contributed by atoms with Gasteiger partial charge in [0.25, 0.3) is 5.69 Å². The van der Waals surface area contributed by atoms with Crippen molar-refractivity contribution in [2.45, 2.75) is 12.8 Å². The van der Waals surface area contributed by atoms with Crippen LogP contribution in [0, 0.1) is 10.1 Å². The highest BCUT2D eigenvalue weighted by molar-refractivity contribution is 5.54. The maximum Gasteiger partial charge on any atom is 0.422 e. The Morgan fingerprint density at radius 1 is 1.37 bits per heavy atom. The average Bonchev–Trinajstić information content (AvgIpc) is 2.34. The molecule has 0 unspecified atom stereocenters. The number of aliphatic hydroxyl groups excluding tert-OH is 1. The van der Waals surface area contributed by atoms with E-state index in [4.69, 9.17) is 9.84 Å². The van der Waals surface area contributed by atoms with Crippen LogP contribution in [0.1, 0.15) is 5.56 Å². The Morgan fingerprint density at radius 2 is 2.00 bits per heavy atom. The molecule has 0 aromatic heterocycles. The number of hydrogen-bond donors (Lipinski definition) is 1. The molecule has 0 bridgehead atoms. The van der Waals surface area contributed by atoms with E-state index in [1.54, 1.807) is 0 Å². The molecule has 0 atom stereocenters. The zero-order chi connectivity index (χ0) is 14.6. The molecule has 6 nitrogen and oxygen atoms in total. The topological polar surface area (TPSA) is 81.8 Å². The number of ether oxygens (including phenoxy) is 2. The highest BCUT2D eigenvalue weighted by Gasteiger charge is 2.30. The van der Waals surface area contributed by atoms with E-state index < -0.39 is 35.8 Å². The molecule has 0 spiro atoms. The number of hydrogen-bond acceptors (Lipinski definition) is 5. The normalized spacial score (nSPS) is 11.2. The number of nitrogens with zero attached hydrogens (tertiary/aromatic N) is 1. The molecule has 1 aromatic rings. The minimum atomic E-state index is -4.57. The summed E-state index contributed by atoms with van der Waals surface area (Å²) in [6.45, 7) is -2.24. The lowest BCUT2D eigenvalue weighted by atomic mass is 10.1. The van der Waals surface area contributed by atoms with Gasteiger partial charge in [-0.25, -0.2) is 0 Å². The Balaban J connectivity index is 3.15. The first-order chi connectivity index (χ1) is 8.78. The lowest BCUT2D eigenvalue weighted by Crippen LogP contribution is -2.19. The van der Waals surface area contributed by atoms with Gasteiger partial charge in [-0.2, -0.15) is 13.2 Å². The summed E-state index contributed by atoms with van der Waals surface area (Å²) in [6.07, 6.45) is -4.57. The molecule has 0 saturated carbocycles. The fourth-order valence-corrected chi connectivity index (χ4v) is 1.32. The van der Waals surface area contributed by atoms with E-state index >= 15 is 0 Å². The van der Waals surface area contributed by atoms with E-state index in [1.165, 1.54) is 7.11 Å². The summed E-state index contributed by atoms with van der Waals surface area (Å²) >= 11 is 0. The fourth-order valence-electron chi connectivity index (χ4n) is 1.32. The third kappa shape index (κ3) is 3.98. The third-order valence-electron chi connectivity index (χ3n) is 2.12. The smallest absolute Gasteiger partial charge is 0.422 e. The van der Waals surface area contributed by atoms with Crippen molar-refractivity contribution in [3.05, 3.63) is 27.8 Å². The second-order valence-corrected chi connectivity index (χ2v) is 3.45. The highest BCUT2D eigenvalue weighted by Crippen LogP contribution is 2.35. The highest BCUT2D eigenvalue weighted by atomic mass is 19.4. The van der Waals surface area contributed by atoms with Crippen molar-refractivity contribution in [2.24, 2.45) is 0 Å². The number of alkyl halides is 3. The summed E-state index contributed by atoms with van der Waals surface area (Å²) in [7, 11) is 1.17. The molecule has 19 heavy (non-hydrogen) atoms. The Morgan fingerprint density at radius 3 is 2.42 bits per heavy atom. The van der Waals surface area contributed by atoms with Gasteiger partial charge in [-0.1, -0.05) is 0 Å². The predicted molar refractivity (Wildman–Crippen MR) is 57.1 cm³/mol. The van der Waals surface area contributed by atoms with Crippen LogP contribution >= 0.6 is 0 Å². The summed E-state index contributed by atoms with van der Waals surface area (Å²) in [4.78, 5) is 9.88. The van der Waals surface area contributed by atoms with Crippen molar-refractivity contribution < 1.29 is 32.7 Å². The van der Waals surface area contributed by atoms with Gasteiger partial charge in [0.15, 0.2) is 18.1 Å². The molecule has 0 heterocycles. The summed E-state index contributed by atoms with van der Waals surface area (Å²) in [5.74, 6) is -0.539. The fraction of sp³-hybridized carbons (Fsp3) is 0.400. The molecule has 1 aromatic carbocycles. The van der Waals surface area contributed by atoms with Crippen LogP contribution in [0.5, 0.6) is 11.5 Å². The number of aliphatic hydroxyl groups is 1. The molecule has 0 aliphatic carbocycles. The van der Waals surface area contributed by atoms with Gasteiger partial charge in [-0.3, -0.25) is 10.1 Å². The minimum Gasteiger partial charge on any atom is -0.493 e. The largest absolute Gasteiger partial charge is 0.493 e. The van der Waals surface area contributed by atoms with Crippen LogP contribution in [0.25, 0.3) is 0 Å². The van der Waals surface area contributed by atoms with Gasteiger partial charge in [-0.15, -0.1) is 0 Å².